The summed E-state index contributed by atoms with van der Waals surface area (Å²) in [6, 6.07) is 29.4. The molecule has 2 aliphatic heterocycles. The van der Waals surface area contributed by atoms with Crippen LogP contribution in [0.15, 0.2) is 103 Å². The Labute approximate surface area is 321 Å². The number of aliphatic hydroxyl groups excluding tert-OH is 1. The Bertz CT molecular complexity index is 2160. The molecule has 13 heteroatoms. The van der Waals surface area contributed by atoms with Crippen LogP contribution in [0.1, 0.15) is 52.0 Å². The zero-order chi connectivity index (χ0) is 38.9. The first-order valence-corrected chi connectivity index (χ1v) is 21.4. The van der Waals surface area contributed by atoms with Gasteiger partial charge in [0.2, 0.25) is 8.41 Å². The molecule has 5 atom stereocenters. The van der Waals surface area contributed by atoms with Crippen molar-refractivity contribution in [1.29, 1.82) is 0 Å². The van der Waals surface area contributed by atoms with Crippen molar-refractivity contribution in [2.45, 2.75) is 62.7 Å². The van der Waals surface area contributed by atoms with Crippen LogP contribution in [0.3, 0.4) is 0 Å². The van der Waals surface area contributed by atoms with E-state index in [9.17, 15) is 14.7 Å². The Morgan fingerprint density at radius 2 is 1.73 bits per heavy atom. The normalized spacial score (nSPS) is 21.1. The third-order valence-electron chi connectivity index (χ3n) is 11.0. The second-order valence-corrected chi connectivity index (χ2v) is 18.6. The number of anilines is 2. The summed E-state index contributed by atoms with van der Waals surface area (Å²) in [7, 11) is -0.282. The molecule has 1 fully saturated rings. The Morgan fingerprint density at radius 1 is 1.00 bits per heavy atom. The number of methoxy groups -OCH3 is 2. The second-order valence-electron chi connectivity index (χ2n) is 14.8. The Hall–Kier alpha value is -5.37. The number of rotatable bonds is 13. The quantitative estimate of drug-likeness (QED) is 0.0963. The van der Waals surface area contributed by atoms with E-state index < -0.39 is 31.6 Å². The fraction of sp³-hybridized carbons (Fsp3) is 0.333. The maximum Gasteiger partial charge on any atom is 0.264 e. The lowest BCUT2D eigenvalue weighted by Crippen LogP contribution is -2.45. The minimum atomic E-state index is -3.42. The van der Waals surface area contributed by atoms with Crippen LogP contribution < -0.4 is 19.7 Å². The summed E-state index contributed by atoms with van der Waals surface area (Å²) in [5.74, 6) is -0.145. The highest BCUT2D eigenvalue weighted by atomic mass is 28.4. The van der Waals surface area contributed by atoms with Crippen molar-refractivity contribution in [1.82, 2.24) is 15.0 Å². The first-order valence-electron chi connectivity index (χ1n) is 18.4. The fourth-order valence-electron chi connectivity index (χ4n) is 8.35. The summed E-state index contributed by atoms with van der Waals surface area (Å²) in [5.41, 5.74) is 2.77. The molecule has 2 amide bonds. The SMILES string of the molecule is COc1ccc(C(=O)Nc2cccc(CN3C(=O)[C@@]4(O[C@@H](CCn5cc(C(CO)c6ccccc6)nn5)[C@H]([Si](C)(C)F)[C@H]4C)c4cc(OC)ccc43)c2)cc1. The van der Waals surface area contributed by atoms with Gasteiger partial charge in [0.1, 0.15) is 11.5 Å². The minimum absolute atomic E-state index is 0.123. The number of nitrogens with one attached hydrogen (secondary N) is 1. The summed E-state index contributed by atoms with van der Waals surface area (Å²) in [6.07, 6.45) is 1.62. The van der Waals surface area contributed by atoms with Gasteiger partial charge in [-0.3, -0.25) is 14.3 Å². The topological polar surface area (TPSA) is 128 Å². The van der Waals surface area contributed by atoms with Crippen LogP contribution in [0.4, 0.5) is 15.5 Å². The number of hydrogen-bond acceptors (Lipinski definition) is 8. The molecule has 7 rings (SSSR count). The molecule has 4 aromatic carbocycles. The molecular weight excluding hydrogens is 718 g/mol. The van der Waals surface area contributed by atoms with Gasteiger partial charge in [-0.1, -0.05) is 54.6 Å². The van der Waals surface area contributed by atoms with Gasteiger partial charge in [0.05, 0.1) is 50.8 Å². The van der Waals surface area contributed by atoms with E-state index in [0.717, 1.165) is 11.1 Å². The van der Waals surface area contributed by atoms with E-state index in [1.54, 1.807) is 67.2 Å². The summed E-state index contributed by atoms with van der Waals surface area (Å²) in [5, 5.41) is 21.8. The van der Waals surface area contributed by atoms with Crippen LogP contribution in [0.5, 0.6) is 11.5 Å². The first-order chi connectivity index (χ1) is 26.5. The van der Waals surface area contributed by atoms with Gasteiger partial charge in [-0.25, -0.2) is 0 Å². The number of amides is 2. The molecule has 3 heterocycles. The molecule has 1 unspecified atom stereocenters. The van der Waals surface area contributed by atoms with Crippen molar-refractivity contribution in [2.24, 2.45) is 5.92 Å². The molecule has 0 radical (unpaired) electrons. The van der Waals surface area contributed by atoms with Crippen LogP contribution in [-0.4, -0.2) is 67.3 Å². The standard InChI is InChI=1S/C42H46FN5O6Si/c1-27-39(55(4,5)43)38(20-21-47-25-36(45-46-47)34(26-49)29-11-7-6-8-12-29)54-42(27)35-23-33(53-3)18-19-37(35)48(41(42)51)24-28-10-9-13-31(22-28)44-40(50)30-14-16-32(52-2)17-15-30/h6-19,22-23,25,27,34,38-39,49H,20-21,24,26H2,1-5H3,(H,44,50)/t27-,34?,38+,39-,42+/m1/s1. The van der Waals surface area contributed by atoms with E-state index in [2.05, 4.69) is 15.6 Å². The molecule has 11 nitrogen and oxygen atoms in total. The summed E-state index contributed by atoms with van der Waals surface area (Å²) < 4.78 is 36.0. The molecule has 0 saturated carbocycles. The lowest BCUT2D eigenvalue weighted by Gasteiger charge is -2.31. The average molecular weight is 764 g/mol. The number of ether oxygens (including phenoxy) is 3. The van der Waals surface area contributed by atoms with Gasteiger partial charge in [0.25, 0.3) is 11.8 Å². The van der Waals surface area contributed by atoms with Gasteiger partial charge < -0.3 is 33.6 Å². The maximum absolute atomic E-state index is 16.5. The molecule has 5 aromatic rings. The largest absolute Gasteiger partial charge is 0.497 e. The van der Waals surface area contributed by atoms with Gasteiger partial charge in [-0.15, -0.1) is 5.10 Å². The summed E-state index contributed by atoms with van der Waals surface area (Å²) in [4.78, 5) is 29.7. The summed E-state index contributed by atoms with van der Waals surface area (Å²) >= 11 is 0. The van der Waals surface area contributed by atoms with Crippen molar-refractivity contribution in [3.63, 3.8) is 0 Å². The molecule has 1 aromatic heterocycles. The average Bonchev–Trinajstić information content (AvgIpc) is 3.84. The molecule has 286 valence electrons. The zero-order valence-corrected chi connectivity index (χ0v) is 32.6. The molecule has 1 spiro atoms. The molecule has 1 saturated heterocycles. The number of aliphatic hydroxyl groups is 1. The third-order valence-corrected chi connectivity index (χ3v) is 13.4. The zero-order valence-electron chi connectivity index (χ0n) is 31.6. The number of aryl methyl sites for hydroxylation is 1. The van der Waals surface area contributed by atoms with E-state index in [1.807, 2.05) is 79.9 Å². The van der Waals surface area contributed by atoms with Gasteiger partial charge in [-0.05, 0) is 85.2 Å². The third kappa shape index (κ3) is 7.27. The first kappa shape index (κ1) is 37.9. The number of carbonyl (C=O) groups excluding carboxylic acids is 2. The van der Waals surface area contributed by atoms with Crippen LogP contribution in [0.25, 0.3) is 0 Å². The Balaban J connectivity index is 1.15. The van der Waals surface area contributed by atoms with Crippen LogP contribution >= 0.6 is 0 Å². The van der Waals surface area contributed by atoms with Gasteiger partial charge in [0.15, 0.2) is 5.60 Å². The van der Waals surface area contributed by atoms with Gasteiger partial charge >= 0.3 is 0 Å². The van der Waals surface area contributed by atoms with Crippen molar-refractivity contribution >= 4 is 31.6 Å². The molecule has 55 heavy (non-hydrogen) atoms. The lowest BCUT2D eigenvalue weighted by molar-refractivity contribution is -0.146. The van der Waals surface area contributed by atoms with E-state index in [4.69, 9.17) is 14.2 Å². The number of hydrogen-bond donors (Lipinski definition) is 2. The van der Waals surface area contributed by atoms with Crippen LogP contribution in [0, 0.1) is 5.92 Å². The second kappa shape index (κ2) is 15.4. The van der Waals surface area contributed by atoms with Crippen molar-refractivity contribution < 1.29 is 33.0 Å². The molecule has 2 N–H and O–H groups in total. The molecule has 2 aliphatic rings. The lowest BCUT2D eigenvalue weighted by atomic mass is 9.82. The molecular formula is C42H46FN5O6Si. The Kier molecular flexibility index (Phi) is 10.6. The number of aromatic nitrogens is 3. The number of carbonyl (C=O) groups is 2. The highest BCUT2D eigenvalue weighted by molar-refractivity contribution is 6.72. The highest BCUT2D eigenvalue weighted by Crippen LogP contribution is 2.60. The number of fused-ring (bicyclic) bond motifs is 2. The van der Waals surface area contributed by atoms with Crippen molar-refractivity contribution in [2.75, 3.05) is 31.0 Å². The smallest absolute Gasteiger partial charge is 0.264 e. The predicted molar refractivity (Wildman–Crippen MR) is 210 cm³/mol. The predicted octanol–water partition coefficient (Wildman–Crippen LogP) is 7.08. The van der Waals surface area contributed by atoms with Crippen LogP contribution in [-0.2, 0) is 28.2 Å². The molecule has 0 aliphatic carbocycles. The number of nitrogens with zero attached hydrogens (tertiary/aromatic N) is 4. The van der Waals surface area contributed by atoms with E-state index >= 15 is 4.11 Å². The van der Waals surface area contributed by atoms with Crippen LogP contribution in [0.2, 0.25) is 18.6 Å². The summed E-state index contributed by atoms with van der Waals surface area (Å²) in [6.45, 7) is 5.74. The number of halogens is 1. The van der Waals surface area contributed by atoms with Gasteiger partial charge in [-0.2, -0.15) is 0 Å². The van der Waals surface area contributed by atoms with E-state index in [-0.39, 0.29) is 30.9 Å². The minimum Gasteiger partial charge on any atom is -0.497 e. The van der Waals surface area contributed by atoms with Crippen molar-refractivity contribution in [3.8, 4) is 11.5 Å². The monoisotopic (exact) mass is 763 g/mol. The van der Waals surface area contributed by atoms with Crippen molar-refractivity contribution in [3.05, 3.63) is 131 Å². The highest BCUT2D eigenvalue weighted by Gasteiger charge is 2.66. The van der Waals surface area contributed by atoms with E-state index in [1.165, 1.54) is 0 Å². The molecule has 0 bridgehead atoms. The Morgan fingerprint density at radius 3 is 2.42 bits per heavy atom. The maximum atomic E-state index is 16.5. The van der Waals surface area contributed by atoms with Gasteiger partial charge in [0, 0.05) is 41.0 Å². The fourth-order valence-corrected chi connectivity index (χ4v) is 10.9. The number of benzene rings is 4. The van der Waals surface area contributed by atoms with E-state index in [0.29, 0.717) is 52.7 Å².